The van der Waals surface area contributed by atoms with Crippen LogP contribution in [0.1, 0.15) is 22.3 Å². The van der Waals surface area contributed by atoms with Crippen molar-refractivity contribution < 1.29 is 0 Å². The summed E-state index contributed by atoms with van der Waals surface area (Å²) in [5.74, 6) is 12.6. The lowest BCUT2D eigenvalue weighted by Crippen LogP contribution is -1.89. The maximum Gasteiger partial charge on any atom is 0.0478 e. The molecule has 0 heterocycles. The maximum atomic E-state index is 5.93. The van der Waals surface area contributed by atoms with Gasteiger partial charge in [-0.2, -0.15) is 0 Å². The Morgan fingerprint density at radius 1 is 0.583 bits per heavy atom. The van der Waals surface area contributed by atoms with Gasteiger partial charge in [-0.3, -0.25) is 0 Å². The van der Waals surface area contributed by atoms with E-state index < -0.39 is 0 Å². The molecule has 0 atom stereocenters. The molecule has 1 nitrogen and oxygen atoms in total. The van der Waals surface area contributed by atoms with Crippen molar-refractivity contribution in [2.24, 2.45) is 0 Å². The summed E-state index contributed by atoms with van der Waals surface area (Å²) in [6.07, 6.45) is 0. The zero-order valence-electron chi connectivity index (χ0n) is 12.9. The summed E-state index contributed by atoms with van der Waals surface area (Å²) < 4.78 is 0. The van der Waals surface area contributed by atoms with Gasteiger partial charge < -0.3 is 5.73 Å². The number of nitrogen functional groups attached to an aromatic ring is 1. The van der Waals surface area contributed by atoms with E-state index >= 15 is 0 Å². The highest BCUT2D eigenvalue weighted by atomic mass is 35.5. The molecule has 114 valence electrons. The van der Waals surface area contributed by atoms with Crippen LogP contribution >= 0.6 is 11.6 Å². The van der Waals surface area contributed by atoms with Crippen molar-refractivity contribution in [2.75, 3.05) is 5.73 Å². The smallest absolute Gasteiger partial charge is 0.0478 e. The van der Waals surface area contributed by atoms with Crippen molar-refractivity contribution in [1.82, 2.24) is 0 Å². The Hall–Kier alpha value is -3.13. The Morgan fingerprint density at radius 2 is 1.08 bits per heavy atom. The average Bonchev–Trinajstić information content (AvgIpc) is 2.61. The van der Waals surface area contributed by atoms with Gasteiger partial charge in [0.1, 0.15) is 0 Å². The summed E-state index contributed by atoms with van der Waals surface area (Å²) in [6, 6.07) is 22.8. The van der Waals surface area contributed by atoms with E-state index in [1.165, 1.54) is 0 Å². The first kappa shape index (κ1) is 15.8. The van der Waals surface area contributed by atoms with E-state index in [1.54, 1.807) is 0 Å². The van der Waals surface area contributed by atoms with Crippen LogP contribution in [0, 0.1) is 23.7 Å². The zero-order valence-corrected chi connectivity index (χ0v) is 13.6. The Bertz CT molecular complexity index is 980. The van der Waals surface area contributed by atoms with Gasteiger partial charge in [-0.05, 0) is 48.5 Å². The van der Waals surface area contributed by atoms with Crippen LogP contribution in [0.25, 0.3) is 0 Å². The van der Waals surface area contributed by atoms with Crippen molar-refractivity contribution >= 4 is 17.3 Å². The predicted octanol–water partition coefficient (Wildman–Crippen LogP) is 4.72. The molecular formula is C22H14ClN. The van der Waals surface area contributed by atoms with Gasteiger partial charge >= 0.3 is 0 Å². The molecule has 0 saturated carbocycles. The molecular weight excluding hydrogens is 314 g/mol. The molecule has 0 amide bonds. The molecule has 0 unspecified atom stereocenters. The topological polar surface area (TPSA) is 26.0 Å². The highest BCUT2D eigenvalue weighted by molar-refractivity contribution is 6.30. The van der Waals surface area contributed by atoms with E-state index in [9.17, 15) is 0 Å². The Kier molecular flexibility index (Phi) is 4.87. The third-order valence-electron chi connectivity index (χ3n) is 3.41. The molecule has 2 heteroatoms. The van der Waals surface area contributed by atoms with Crippen LogP contribution < -0.4 is 5.73 Å². The number of rotatable bonds is 0. The first-order chi connectivity index (χ1) is 11.7. The van der Waals surface area contributed by atoms with Gasteiger partial charge in [-0.25, -0.2) is 0 Å². The highest BCUT2D eigenvalue weighted by Crippen LogP contribution is 2.11. The lowest BCUT2D eigenvalue weighted by atomic mass is 10.1. The number of anilines is 1. The number of benzene rings is 3. The molecule has 0 aliphatic rings. The third kappa shape index (κ3) is 3.99. The second-order valence-electron chi connectivity index (χ2n) is 5.14. The van der Waals surface area contributed by atoms with Crippen molar-refractivity contribution in [3.63, 3.8) is 0 Å². The molecule has 0 aliphatic carbocycles. The van der Waals surface area contributed by atoms with Crippen LogP contribution in [0.15, 0.2) is 72.8 Å². The molecule has 0 fully saturated rings. The fourth-order valence-electron chi connectivity index (χ4n) is 2.12. The van der Waals surface area contributed by atoms with Gasteiger partial charge in [0.15, 0.2) is 0 Å². The minimum absolute atomic E-state index is 0.676. The van der Waals surface area contributed by atoms with Gasteiger partial charge in [-0.1, -0.05) is 59.5 Å². The Labute approximate surface area is 147 Å². The number of para-hydroxylation sites is 1. The molecule has 0 spiro atoms. The predicted molar refractivity (Wildman–Crippen MR) is 101 cm³/mol. The minimum atomic E-state index is 0.676. The van der Waals surface area contributed by atoms with Crippen LogP contribution in [-0.4, -0.2) is 0 Å². The first-order valence-electron chi connectivity index (χ1n) is 7.45. The largest absolute Gasteiger partial charge is 0.398 e. The summed E-state index contributed by atoms with van der Waals surface area (Å²) in [5.41, 5.74) is 10.1. The van der Waals surface area contributed by atoms with Gasteiger partial charge in [0.25, 0.3) is 0 Å². The molecule has 0 aliphatic heterocycles. The van der Waals surface area contributed by atoms with Crippen LogP contribution in [0.3, 0.4) is 0 Å². The van der Waals surface area contributed by atoms with Crippen molar-refractivity contribution in [2.45, 2.75) is 0 Å². The van der Waals surface area contributed by atoms with Crippen LogP contribution in [0.2, 0.25) is 5.02 Å². The van der Waals surface area contributed by atoms with Crippen molar-refractivity contribution in [3.05, 3.63) is 100 Å². The van der Waals surface area contributed by atoms with E-state index in [1.807, 2.05) is 72.8 Å². The lowest BCUT2D eigenvalue weighted by molar-refractivity contribution is 1.57. The summed E-state index contributed by atoms with van der Waals surface area (Å²) in [4.78, 5) is 0. The summed E-state index contributed by atoms with van der Waals surface area (Å²) in [6.45, 7) is 0. The van der Waals surface area contributed by atoms with Crippen molar-refractivity contribution in [3.8, 4) is 23.7 Å². The lowest BCUT2D eigenvalue weighted by Gasteiger charge is -1.97. The van der Waals surface area contributed by atoms with E-state index in [0.29, 0.717) is 10.7 Å². The normalized spacial score (nSPS) is 9.38. The van der Waals surface area contributed by atoms with Gasteiger partial charge in [-0.15, -0.1) is 0 Å². The molecule has 24 heavy (non-hydrogen) atoms. The standard InChI is InChI=1S/C22H14ClN/c23-21-15-10-17(11-16-21)9-12-18-5-1-2-6-19(18)13-14-20-7-3-4-8-22(20)24/h1-8,10-11,15-16H,24H2. The van der Waals surface area contributed by atoms with E-state index in [-0.39, 0.29) is 0 Å². The first-order valence-corrected chi connectivity index (χ1v) is 7.83. The fourth-order valence-corrected chi connectivity index (χ4v) is 2.25. The van der Waals surface area contributed by atoms with Gasteiger partial charge in [0.2, 0.25) is 0 Å². The van der Waals surface area contributed by atoms with Gasteiger partial charge in [0.05, 0.1) is 0 Å². The molecule has 3 aromatic carbocycles. The molecule has 3 rings (SSSR count). The van der Waals surface area contributed by atoms with E-state index in [4.69, 9.17) is 17.3 Å². The summed E-state index contributed by atoms with van der Waals surface area (Å²) in [7, 11) is 0. The summed E-state index contributed by atoms with van der Waals surface area (Å²) >= 11 is 5.89. The number of halogens is 1. The van der Waals surface area contributed by atoms with Crippen LogP contribution in [0.4, 0.5) is 5.69 Å². The fraction of sp³-hybridized carbons (Fsp3) is 0. The van der Waals surface area contributed by atoms with E-state index in [0.717, 1.165) is 22.3 Å². The maximum absolute atomic E-state index is 5.93. The van der Waals surface area contributed by atoms with Crippen LogP contribution in [-0.2, 0) is 0 Å². The van der Waals surface area contributed by atoms with Crippen molar-refractivity contribution in [1.29, 1.82) is 0 Å². The minimum Gasteiger partial charge on any atom is -0.398 e. The second kappa shape index (κ2) is 7.42. The van der Waals surface area contributed by atoms with E-state index in [2.05, 4.69) is 23.7 Å². The second-order valence-corrected chi connectivity index (χ2v) is 5.58. The average molecular weight is 328 g/mol. The molecule has 3 aromatic rings. The molecule has 0 radical (unpaired) electrons. The summed E-state index contributed by atoms with van der Waals surface area (Å²) in [5, 5.41) is 0.701. The molecule has 2 N–H and O–H groups in total. The molecule has 0 saturated heterocycles. The highest BCUT2D eigenvalue weighted by Gasteiger charge is 1.96. The SMILES string of the molecule is Nc1ccccc1C#Cc1ccccc1C#Cc1ccc(Cl)cc1. The number of hydrogen-bond donors (Lipinski definition) is 1. The molecule has 0 bridgehead atoms. The van der Waals surface area contributed by atoms with Gasteiger partial charge in [0, 0.05) is 33.0 Å². The monoisotopic (exact) mass is 327 g/mol. The molecule has 0 aromatic heterocycles. The Balaban J connectivity index is 1.93. The quantitative estimate of drug-likeness (QED) is 0.469. The number of hydrogen-bond acceptors (Lipinski definition) is 1. The third-order valence-corrected chi connectivity index (χ3v) is 3.66. The Morgan fingerprint density at radius 3 is 1.71 bits per heavy atom. The zero-order chi connectivity index (χ0) is 16.8. The number of nitrogens with two attached hydrogens (primary N) is 1. The van der Waals surface area contributed by atoms with Crippen LogP contribution in [0.5, 0.6) is 0 Å².